The molecule has 1 amide bonds. The van der Waals surface area contributed by atoms with Crippen LogP contribution in [-0.2, 0) is 11.3 Å². The fourth-order valence-electron chi connectivity index (χ4n) is 1.37. The second-order valence-electron chi connectivity index (χ2n) is 3.70. The summed E-state index contributed by atoms with van der Waals surface area (Å²) < 4.78 is 1.58. The Kier molecular flexibility index (Phi) is 3.88. The number of carbonyl (C=O) groups is 1. The van der Waals surface area contributed by atoms with Crippen molar-refractivity contribution in [3.63, 3.8) is 0 Å². The van der Waals surface area contributed by atoms with Gasteiger partial charge in [0, 0.05) is 24.8 Å². The average Bonchev–Trinajstić information content (AvgIpc) is 2.90. The highest BCUT2D eigenvalue weighted by Crippen LogP contribution is 2.05. The smallest absolute Gasteiger partial charge is 0.244 e. The molecule has 1 N–H and O–H groups in total. The van der Waals surface area contributed by atoms with E-state index in [1.165, 1.54) is 12.4 Å². The molecule has 0 aliphatic carbocycles. The predicted molar refractivity (Wildman–Crippen MR) is 65.8 cm³/mol. The van der Waals surface area contributed by atoms with E-state index in [1.54, 1.807) is 30.1 Å². The number of hydrogen-bond donors (Lipinski definition) is 1. The lowest BCUT2D eigenvalue weighted by Crippen LogP contribution is -2.31. The first kappa shape index (κ1) is 12.5. The van der Waals surface area contributed by atoms with E-state index in [0.29, 0.717) is 10.8 Å². The molecule has 0 aromatic carbocycles. The van der Waals surface area contributed by atoms with E-state index in [0.717, 1.165) is 0 Å². The van der Waals surface area contributed by atoms with Crippen molar-refractivity contribution in [2.24, 2.45) is 0 Å². The highest BCUT2D eigenvalue weighted by atomic mass is 35.5. The van der Waals surface area contributed by atoms with Crippen molar-refractivity contribution in [1.82, 2.24) is 25.1 Å². The molecule has 18 heavy (non-hydrogen) atoms. The van der Waals surface area contributed by atoms with Crippen molar-refractivity contribution in [2.45, 2.75) is 19.5 Å². The van der Waals surface area contributed by atoms with Gasteiger partial charge in [-0.15, -0.1) is 0 Å². The molecule has 1 atom stereocenters. The third-order valence-corrected chi connectivity index (χ3v) is 2.59. The highest BCUT2D eigenvalue weighted by Gasteiger charge is 2.14. The van der Waals surface area contributed by atoms with E-state index >= 15 is 0 Å². The van der Waals surface area contributed by atoms with Crippen molar-refractivity contribution < 1.29 is 4.79 Å². The Balaban J connectivity index is 1.90. The number of carbonyl (C=O) groups excluding carboxylic acids is 1. The van der Waals surface area contributed by atoms with E-state index in [-0.39, 0.29) is 18.5 Å². The van der Waals surface area contributed by atoms with Crippen LogP contribution in [0.5, 0.6) is 0 Å². The summed E-state index contributed by atoms with van der Waals surface area (Å²) in [5.41, 5.74) is 0. The quantitative estimate of drug-likeness (QED) is 0.902. The number of nitrogens with one attached hydrogen (secondary N) is 1. The summed E-state index contributed by atoms with van der Waals surface area (Å²) in [5.74, 6) is 0.373. The Morgan fingerprint density at radius 1 is 1.50 bits per heavy atom. The van der Waals surface area contributed by atoms with E-state index < -0.39 is 0 Å². The number of amides is 1. The maximum atomic E-state index is 11.8. The number of halogens is 1. The van der Waals surface area contributed by atoms with E-state index in [2.05, 4.69) is 20.4 Å². The van der Waals surface area contributed by atoms with Crippen LogP contribution in [0.15, 0.2) is 30.9 Å². The highest BCUT2D eigenvalue weighted by molar-refractivity contribution is 6.30. The van der Waals surface area contributed by atoms with Gasteiger partial charge in [0.2, 0.25) is 5.91 Å². The predicted octanol–water partition coefficient (Wildman–Crippen LogP) is 1.20. The second kappa shape index (κ2) is 5.59. The monoisotopic (exact) mass is 265 g/mol. The summed E-state index contributed by atoms with van der Waals surface area (Å²) in [7, 11) is 0. The van der Waals surface area contributed by atoms with Crippen molar-refractivity contribution in [2.75, 3.05) is 0 Å². The van der Waals surface area contributed by atoms with Gasteiger partial charge in [0.1, 0.15) is 11.9 Å². The lowest BCUT2D eigenvalue weighted by atomic mass is 10.3. The molecular weight excluding hydrogens is 254 g/mol. The summed E-state index contributed by atoms with van der Waals surface area (Å²) in [6, 6.07) is 1.40. The molecule has 94 valence electrons. The van der Waals surface area contributed by atoms with Crippen molar-refractivity contribution >= 4 is 17.5 Å². The number of hydrogen-bond acceptors (Lipinski definition) is 4. The zero-order chi connectivity index (χ0) is 13.0. The number of rotatable bonds is 4. The Morgan fingerprint density at radius 2 is 2.22 bits per heavy atom. The maximum Gasteiger partial charge on any atom is 0.244 e. The lowest BCUT2D eigenvalue weighted by Gasteiger charge is -2.11. The molecule has 6 nitrogen and oxygen atoms in total. The fourth-order valence-corrected chi connectivity index (χ4v) is 1.47. The Labute approximate surface area is 109 Å². The van der Waals surface area contributed by atoms with Gasteiger partial charge >= 0.3 is 0 Å². The standard InChI is InChI=1S/C11H12ClN5O/c1-8(17-4-2-3-16-17)11(18)15-7-10-13-5-9(12)6-14-10/h2-6,8H,7H2,1H3,(H,15,18). The molecule has 0 aliphatic heterocycles. The summed E-state index contributed by atoms with van der Waals surface area (Å²) in [6.45, 7) is 2.03. The maximum absolute atomic E-state index is 11.8. The third-order valence-electron chi connectivity index (χ3n) is 2.40. The molecule has 0 saturated heterocycles. The first-order valence-corrected chi connectivity index (χ1v) is 5.78. The average molecular weight is 266 g/mol. The van der Waals surface area contributed by atoms with Crippen LogP contribution in [0.2, 0.25) is 5.02 Å². The Bertz CT molecular complexity index is 511. The molecule has 0 saturated carbocycles. The molecule has 0 spiro atoms. The van der Waals surface area contributed by atoms with Crippen LogP contribution < -0.4 is 5.32 Å². The first-order valence-electron chi connectivity index (χ1n) is 5.40. The zero-order valence-electron chi connectivity index (χ0n) is 9.75. The molecule has 2 rings (SSSR count). The molecule has 0 radical (unpaired) electrons. The van der Waals surface area contributed by atoms with Gasteiger partial charge in [0.25, 0.3) is 0 Å². The summed E-state index contributed by atoms with van der Waals surface area (Å²) in [6.07, 6.45) is 6.36. The largest absolute Gasteiger partial charge is 0.347 e. The SMILES string of the molecule is CC(C(=O)NCc1ncc(Cl)cn1)n1cccn1. The normalized spacial score (nSPS) is 12.1. The molecule has 2 aromatic rings. The van der Waals surface area contributed by atoms with Gasteiger partial charge in [-0.25, -0.2) is 9.97 Å². The van der Waals surface area contributed by atoms with Crippen molar-refractivity contribution in [1.29, 1.82) is 0 Å². The van der Waals surface area contributed by atoms with Crippen LogP contribution >= 0.6 is 11.6 Å². The fraction of sp³-hybridized carbons (Fsp3) is 0.273. The van der Waals surface area contributed by atoms with Gasteiger partial charge < -0.3 is 5.32 Å². The minimum absolute atomic E-state index is 0.141. The molecule has 0 bridgehead atoms. The van der Waals surface area contributed by atoms with Crippen molar-refractivity contribution in [3.05, 3.63) is 41.7 Å². The van der Waals surface area contributed by atoms with Gasteiger partial charge in [-0.1, -0.05) is 11.6 Å². The Morgan fingerprint density at radius 3 is 2.83 bits per heavy atom. The third kappa shape index (κ3) is 3.04. The molecule has 0 aliphatic rings. The van der Waals surface area contributed by atoms with E-state index in [1.807, 2.05) is 0 Å². The zero-order valence-corrected chi connectivity index (χ0v) is 10.5. The van der Waals surface area contributed by atoms with Gasteiger partial charge in [0.05, 0.1) is 11.6 Å². The second-order valence-corrected chi connectivity index (χ2v) is 4.13. The van der Waals surface area contributed by atoms with E-state index in [9.17, 15) is 4.79 Å². The minimum Gasteiger partial charge on any atom is -0.347 e. The van der Waals surface area contributed by atoms with Gasteiger partial charge in [-0.3, -0.25) is 9.48 Å². The molecule has 2 heterocycles. The first-order chi connectivity index (χ1) is 8.66. The summed E-state index contributed by atoms with van der Waals surface area (Å²) in [5, 5.41) is 7.22. The van der Waals surface area contributed by atoms with Crippen LogP contribution in [0, 0.1) is 0 Å². The van der Waals surface area contributed by atoms with Gasteiger partial charge in [-0.05, 0) is 13.0 Å². The summed E-state index contributed by atoms with van der Waals surface area (Å²) in [4.78, 5) is 19.8. The van der Waals surface area contributed by atoms with Crippen LogP contribution in [0.25, 0.3) is 0 Å². The molecular formula is C11H12ClN5O. The minimum atomic E-state index is -0.368. The van der Waals surface area contributed by atoms with Crippen LogP contribution in [-0.4, -0.2) is 25.7 Å². The van der Waals surface area contributed by atoms with Crippen LogP contribution in [0.4, 0.5) is 0 Å². The van der Waals surface area contributed by atoms with E-state index in [4.69, 9.17) is 11.6 Å². The van der Waals surface area contributed by atoms with Gasteiger partial charge in [0.15, 0.2) is 0 Å². The summed E-state index contributed by atoms with van der Waals surface area (Å²) >= 11 is 5.67. The number of aromatic nitrogens is 4. The molecule has 2 aromatic heterocycles. The molecule has 7 heteroatoms. The lowest BCUT2D eigenvalue weighted by molar-refractivity contribution is -0.124. The Hall–Kier alpha value is -1.95. The van der Waals surface area contributed by atoms with Crippen LogP contribution in [0.3, 0.4) is 0 Å². The van der Waals surface area contributed by atoms with Crippen molar-refractivity contribution in [3.8, 4) is 0 Å². The molecule has 1 unspecified atom stereocenters. The van der Waals surface area contributed by atoms with Crippen LogP contribution in [0.1, 0.15) is 18.8 Å². The topological polar surface area (TPSA) is 72.7 Å². The number of nitrogens with zero attached hydrogens (tertiary/aromatic N) is 4. The van der Waals surface area contributed by atoms with Gasteiger partial charge in [-0.2, -0.15) is 5.10 Å². The molecule has 0 fully saturated rings.